The topological polar surface area (TPSA) is 108 Å². The Morgan fingerprint density at radius 3 is 2.38 bits per heavy atom. The maximum atomic E-state index is 13.0. The lowest BCUT2D eigenvalue weighted by atomic mass is 9.88. The molecule has 2 heterocycles. The van der Waals surface area contributed by atoms with Crippen LogP contribution in [0.2, 0.25) is 0 Å². The van der Waals surface area contributed by atoms with Gasteiger partial charge in [0.1, 0.15) is 11.7 Å². The van der Waals surface area contributed by atoms with Crippen molar-refractivity contribution in [2.45, 2.75) is 57.3 Å². The van der Waals surface area contributed by atoms with Gasteiger partial charge in [-0.05, 0) is 68.1 Å². The van der Waals surface area contributed by atoms with Gasteiger partial charge in [0.05, 0.1) is 5.56 Å². The summed E-state index contributed by atoms with van der Waals surface area (Å²) in [7, 11) is 0. The average molecular weight is 543 g/mol. The Bertz CT molecular complexity index is 1320. The standard InChI is InChI=1S/C28H29F3N4O4/c1-3-27(2,32-14-13-17-7-9-18(10-8-17)28(29,30)31)19-5-4-6-20(15-19)33-21-16-24(37)35(26(21)39)22-11-12-23(36)34-25(22)38/h4-10,15-16,22,32-33H,3,11-14H2,1-2H3,(H,34,36,38). The van der Waals surface area contributed by atoms with Crippen molar-refractivity contribution in [3.8, 4) is 0 Å². The fourth-order valence-corrected chi connectivity index (χ4v) is 4.67. The maximum Gasteiger partial charge on any atom is 0.416 e. The summed E-state index contributed by atoms with van der Waals surface area (Å²) in [6, 6.07) is 11.4. The van der Waals surface area contributed by atoms with Crippen LogP contribution in [-0.4, -0.2) is 41.1 Å². The molecule has 0 saturated carbocycles. The number of anilines is 1. The Morgan fingerprint density at radius 2 is 1.74 bits per heavy atom. The van der Waals surface area contributed by atoms with Crippen LogP contribution in [0.1, 0.15) is 49.8 Å². The van der Waals surface area contributed by atoms with E-state index in [0.717, 1.165) is 34.2 Å². The Hall–Kier alpha value is -3.99. The average Bonchev–Trinajstić information content (AvgIpc) is 3.16. The third-order valence-electron chi connectivity index (χ3n) is 7.17. The molecule has 39 heavy (non-hydrogen) atoms. The maximum absolute atomic E-state index is 13.0. The van der Waals surface area contributed by atoms with Gasteiger partial charge in [0.2, 0.25) is 11.8 Å². The van der Waals surface area contributed by atoms with Crippen molar-refractivity contribution in [3.63, 3.8) is 0 Å². The molecule has 2 aromatic carbocycles. The molecule has 1 fully saturated rings. The van der Waals surface area contributed by atoms with E-state index in [1.165, 1.54) is 12.1 Å². The number of hydrogen-bond donors (Lipinski definition) is 3. The van der Waals surface area contributed by atoms with E-state index < -0.39 is 46.9 Å². The second-order valence-electron chi connectivity index (χ2n) is 9.80. The number of hydrogen-bond acceptors (Lipinski definition) is 6. The van der Waals surface area contributed by atoms with Crippen LogP contribution in [-0.2, 0) is 37.3 Å². The van der Waals surface area contributed by atoms with Gasteiger partial charge in [-0.2, -0.15) is 13.2 Å². The molecule has 2 unspecified atom stereocenters. The fraction of sp³-hybridized carbons (Fsp3) is 0.357. The first-order chi connectivity index (χ1) is 18.4. The van der Waals surface area contributed by atoms with Crippen molar-refractivity contribution in [2.24, 2.45) is 0 Å². The molecule has 4 rings (SSSR count). The zero-order chi connectivity index (χ0) is 28.4. The molecule has 4 amide bonds. The molecule has 2 aliphatic heterocycles. The van der Waals surface area contributed by atoms with Gasteiger partial charge in [0, 0.05) is 23.7 Å². The van der Waals surface area contributed by atoms with Crippen LogP contribution < -0.4 is 16.0 Å². The number of halogens is 3. The minimum absolute atomic E-state index is 0.0234. The largest absolute Gasteiger partial charge is 0.416 e. The summed E-state index contributed by atoms with van der Waals surface area (Å²) < 4.78 is 38.4. The number of amides is 4. The highest BCUT2D eigenvalue weighted by Crippen LogP contribution is 2.30. The SMILES string of the molecule is CCC(C)(NCCc1ccc(C(F)(F)F)cc1)c1cccc(NC2=CC(=O)N(C3CCC(=O)NC3=O)C2=O)c1. The van der Waals surface area contributed by atoms with Gasteiger partial charge in [-0.1, -0.05) is 31.2 Å². The second-order valence-corrected chi connectivity index (χ2v) is 9.80. The molecule has 0 aliphatic carbocycles. The number of benzene rings is 2. The summed E-state index contributed by atoms with van der Waals surface area (Å²) in [5.74, 6) is -2.39. The Labute approximate surface area is 223 Å². The Morgan fingerprint density at radius 1 is 1.03 bits per heavy atom. The molecule has 0 bridgehead atoms. The molecule has 1 saturated heterocycles. The quantitative estimate of drug-likeness (QED) is 0.418. The number of nitrogens with zero attached hydrogens (tertiary/aromatic N) is 1. The van der Waals surface area contributed by atoms with Crippen LogP contribution in [0.5, 0.6) is 0 Å². The van der Waals surface area contributed by atoms with Crippen molar-refractivity contribution in [1.29, 1.82) is 0 Å². The number of rotatable bonds is 9. The lowest BCUT2D eigenvalue weighted by Crippen LogP contribution is -2.54. The Balaban J connectivity index is 1.41. The van der Waals surface area contributed by atoms with Crippen molar-refractivity contribution in [3.05, 3.63) is 77.0 Å². The van der Waals surface area contributed by atoms with Crippen LogP contribution in [0.25, 0.3) is 0 Å². The van der Waals surface area contributed by atoms with E-state index in [2.05, 4.69) is 16.0 Å². The normalized spacial score (nSPS) is 19.6. The van der Waals surface area contributed by atoms with E-state index in [1.54, 1.807) is 6.07 Å². The molecule has 2 aliphatic rings. The minimum Gasteiger partial charge on any atom is -0.351 e. The zero-order valence-electron chi connectivity index (χ0n) is 21.5. The molecular formula is C28H29F3N4O4. The lowest BCUT2D eigenvalue weighted by molar-refractivity contribution is -0.149. The third-order valence-corrected chi connectivity index (χ3v) is 7.17. The van der Waals surface area contributed by atoms with Crippen molar-refractivity contribution in [1.82, 2.24) is 15.5 Å². The van der Waals surface area contributed by atoms with Gasteiger partial charge in [-0.15, -0.1) is 0 Å². The van der Waals surface area contributed by atoms with E-state index >= 15 is 0 Å². The van der Waals surface area contributed by atoms with Crippen LogP contribution in [0.3, 0.4) is 0 Å². The molecule has 2 aromatic rings. The molecule has 206 valence electrons. The van der Waals surface area contributed by atoms with E-state index in [1.807, 2.05) is 32.0 Å². The van der Waals surface area contributed by atoms with Gasteiger partial charge in [-0.25, -0.2) is 0 Å². The van der Waals surface area contributed by atoms with Crippen LogP contribution in [0.4, 0.5) is 18.9 Å². The molecule has 8 nitrogen and oxygen atoms in total. The van der Waals surface area contributed by atoms with Crippen molar-refractivity contribution < 1.29 is 32.3 Å². The molecule has 2 atom stereocenters. The highest BCUT2D eigenvalue weighted by atomic mass is 19.4. The number of imide groups is 2. The van der Waals surface area contributed by atoms with Crippen molar-refractivity contribution in [2.75, 3.05) is 11.9 Å². The fourth-order valence-electron chi connectivity index (χ4n) is 4.67. The number of alkyl halides is 3. The van der Waals surface area contributed by atoms with Gasteiger partial charge >= 0.3 is 6.18 Å². The van der Waals surface area contributed by atoms with Crippen molar-refractivity contribution >= 4 is 29.3 Å². The first-order valence-electron chi connectivity index (χ1n) is 12.6. The molecule has 11 heteroatoms. The van der Waals surface area contributed by atoms with E-state index in [9.17, 15) is 32.3 Å². The highest BCUT2D eigenvalue weighted by Gasteiger charge is 2.42. The summed E-state index contributed by atoms with van der Waals surface area (Å²) in [6.45, 7) is 4.53. The van der Waals surface area contributed by atoms with E-state index in [4.69, 9.17) is 0 Å². The first kappa shape index (κ1) is 28.0. The summed E-state index contributed by atoms with van der Waals surface area (Å²) in [5, 5.41) is 8.62. The molecular weight excluding hydrogens is 513 g/mol. The number of carbonyl (C=O) groups is 4. The highest BCUT2D eigenvalue weighted by molar-refractivity contribution is 6.20. The predicted molar refractivity (Wildman–Crippen MR) is 137 cm³/mol. The zero-order valence-corrected chi connectivity index (χ0v) is 21.5. The molecule has 3 N–H and O–H groups in total. The smallest absolute Gasteiger partial charge is 0.351 e. The van der Waals surface area contributed by atoms with Gasteiger partial charge in [0.15, 0.2) is 0 Å². The molecule has 0 spiro atoms. The number of carbonyl (C=O) groups excluding carboxylic acids is 4. The number of piperidine rings is 1. The summed E-state index contributed by atoms with van der Waals surface area (Å²) in [4.78, 5) is 50.0. The van der Waals surface area contributed by atoms with Gasteiger partial charge < -0.3 is 10.6 Å². The first-order valence-corrected chi connectivity index (χ1v) is 12.6. The Kier molecular flexibility index (Phi) is 7.91. The summed E-state index contributed by atoms with van der Waals surface area (Å²) in [5.41, 5.74) is 1.11. The summed E-state index contributed by atoms with van der Waals surface area (Å²) >= 11 is 0. The van der Waals surface area contributed by atoms with E-state index in [-0.39, 0.29) is 18.5 Å². The van der Waals surface area contributed by atoms with Crippen LogP contribution >= 0.6 is 0 Å². The minimum atomic E-state index is -4.37. The van der Waals surface area contributed by atoms with Gasteiger partial charge in [0.25, 0.3) is 11.8 Å². The molecule has 0 aromatic heterocycles. The third kappa shape index (κ3) is 6.19. The predicted octanol–water partition coefficient (Wildman–Crippen LogP) is 3.63. The van der Waals surface area contributed by atoms with Crippen LogP contribution in [0, 0.1) is 0 Å². The summed E-state index contributed by atoms with van der Waals surface area (Å²) in [6.07, 6.45) is -1.88. The monoisotopic (exact) mass is 542 g/mol. The molecule has 0 radical (unpaired) electrons. The van der Waals surface area contributed by atoms with E-state index in [0.29, 0.717) is 25.1 Å². The second kappa shape index (κ2) is 11.0. The van der Waals surface area contributed by atoms with Gasteiger partial charge in [-0.3, -0.25) is 29.4 Å². The lowest BCUT2D eigenvalue weighted by Gasteiger charge is -2.31. The van der Waals surface area contributed by atoms with Crippen LogP contribution in [0.15, 0.2) is 60.3 Å². The number of nitrogens with one attached hydrogen (secondary N) is 3.